The first-order valence-corrected chi connectivity index (χ1v) is 10.7. The molecule has 2 aliphatic rings. The molecule has 0 unspecified atom stereocenters. The number of halogens is 3. The molecule has 0 bridgehead atoms. The van der Waals surface area contributed by atoms with Gasteiger partial charge < -0.3 is 14.7 Å². The molecule has 1 aliphatic heterocycles. The number of alkyl halides is 3. The van der Waals surface area contributed by atoms with E-state index < -0.39 is 12.1 Å². The highest BCUT2D eigenvalue weighted by Gasteiger charge is 2.51. The lowest BCUT2D eigenvalue weighted by Gasteiger charge is -2.28. The van der Waals surface area contributed by atoms with Gasteiger partial charge in [-0.25, -0.2) is 9.78 Å². The minimum atomic E-state index is -5.08. The highest BCUT2D eigenvalue weighted by atomic mass is 19.4. The fourth-order valence-corrected chi connectivity index (χ4v) is 4.58. The molecule has 1 amide bonds. The van der Waals surface area contributed by atoms with Crippen molar-refractivity contribution in [1.29, 1.82) is 0 Å². The smallest absolute Gasteiger partial charge is 0.477 e. The zero-order chi connectivity index (χ0) is 24.2. The third kappa shape index (κ3) is 5.63. The first-order valence-electron chi connectivity index (χ1n) is 10.7. The number of fused-ring (bicyclic) bond motifs is 1. The molecule has 1 N–H and O–H groups in total. The normalized spacial score (nSPS) is 21.8. The molecule has 0 spiro atoms. The van der Waals surface area contributed by atoms with E-state index in [1.807, 2.05) is 47.7 Å². The van der Waals surface area contributed by atoms with Crippen molar-refractivity contribution in [2.24, 2.45) is 11.3 Å². The summed E-state index contributed by atoms with van der Waals surface area (Å²) in [6.07, 6.45) is 0.157. The number of carboxylic acids is 1. The number of hydrogen-bond acceptors (Lipinski definition) is 5. The molecule has 0 radical (unpaired) electrons. The van der Waals surface area contributed by atoms with Crippen LogP contribution in [0.25, 0.3) is 0 Å². The van der Waals surface area contributed by atoms with Crippen molar-refractivity contribution in [3.05, 3.63) is 41.9 Å². The highest BCUT2D eigenvalue weighted by Crippen LogP contribution is 2.49. The van der Waals surface area contributed by atoms with Crippen LogP contribution in [-0.4, -0.2) is 62.5 Å². The van der Waals surface area contributed by atoms with Crippen LogP contribution in [0.15, 0.2) is 30.5 Å². The van der Waals surface area contributed by atoms with E-state index in [1.165, 1.54) is 12.8 Å². The Bertz CT molecular complexity index is 980. The van der Waals surface area contributed by atoms with Crippen LogP contribution >= 0.6 is 0 Å². The van der Waals surface area contributed by atoms with Gasteiger partial charge in [-0.05, 0) is 44.7 Å². The van der Waals surface area contributed by atoms with Crippen molar-refractivity contribution in [2.45, 2.75) is 45.8 Å². The number of likely N-dealkylation sites (tertiary alicyclic amines) is 1. The van der Waals surface area contributed by atoms with Crippen LogP contribution in [0.4, 0.5) is 13.2 Å². The van der Waals surface area contributed by atoms with Crippen LogP contribution in [0.2, 0.25) is 0 Å². The summed E-state index contributed by atoms with van der Waals surface area (Å²) in [5, 5.41) is 11.5. The van der Waals surface area contributed by atoms with Gasteiger partial charge in [-0.15, -0.1) is 0 Å². The maximum Gasteiger partial charge on any atom is 0.490 e. The van der Waals surface area contributed by atoms with E-state index in [9.17, 15) is 18.0 Å². The molecule has 8 nitrogen and oxygen atoms in total. The number of aromatic nitrogens is 3. The van der Waals surface area contributed by atoms with Gasteiger partial charge in [0.25, 0.3) is 5.91 Å². The summed E-state index contributed by atoms with van der Waals surface area (Å²) in [4.78, 5) is 28.3. The fraction of sp³-hybridized carbons (Fsp3) is 0.545. The Morgan fingerprint density at radius 2 is 2.06 bits per heavy atom. The molecular weight excluding hydrogens is 441 g/mol. The van der Waals surface area contributed by atoms with Crippen LogP contribution in [0.3, 0.4) is 0 Å². The summed E-state index contributed by atoms with van der Waals surface area (Å²) in [5.74, 6) is -1.49. The number of hydrogen-bond donors (Lipinski definition) is 1. The lowest BCUT2D eigenvalue weighted by Crippen LogP contribution is -2.36. The number of amides is 1. The van der Waals surface area contributed by atoms with Crippen LogP contribution in [0.1, 0.15) is 42.4 Å². The van der Waals surface area contributed by atoms with Crippen molar-refractivity contribution < 1.29 is 32.6 Å². The largest absolute Gasteiger partial charge is 0.490 e. The molecule has 1 saturated carbocycles. The standard InChI is InChI=1S/C20H26N4O2.C2HF3O2/c1-3-24-17(11-15(2)22-24)19(25)23-12-16-7-6-9-20(16,13-23)14-26-18-8-4-5-10-21-18;3-2(4,5)1(6)7/h4-5,8,10-11,16H,3,6-7,9,12-14H2,1-2H3;(H,6,7)/t16-,20+;/m1./s1. The van der Waals surface area contributed by atoms with Gasteiger partial charge in [0.05, 0.1) is 12.3 Å². The van der Waals surface area contributed by atoms with Crippen LogP contribution in [-0.2, 0) is 11.3 Å². The van der Waals surface area contributed by atoms with Gasteiger partial charge in [-0.2, -0.15) is 18.3 Å². The van der Waals surface area contributed by atoms with Gasteiger partial charge in [0.1, 0.15) is 5.69 Å². The van der Waals surface area contributed by atoms with E-state index in [-0.39, 0.29) is 11.3 Å². The van der Waals surface area contributed by atoms with Crippen LogP contribution in [0, 0.1) is 18.3 Å². The summed E-state index contributed by atoms with van der Waals surface area (Å²) >= 11 is 0. The van der Waals surface area contributed by atoms with Gasteiger partial charge in [0.15, 0.2) is 0 Å². The molecule has 2 aromatic heterocycles. The molecule has 3 heterocycles. The summed E-state index contributed by atoms with van der Waals surface area (Å²) in [6.45, 7) is 6.87. The Kier molecular flexibility index (Phi) is 7.28. The van der Waals surface area contributed by atoms with E-state index in [0.717, 1.165) is 25.2 Å². The van der Waals surface area contributed by atoms with E-state index in [1.54, 1.807) is 6.20 Å². The van der Waals surface area contributed by atoms with Crippen LogP contribution < -0.4 is 4.74 Å². The Hall–Kier alpha value is -3.11. The summed E-state index contributed by atoms with van der Waals surface area (Å²) in [7, 11) is 0. The molecule has 1 aliphatic carbocycles. The van der Waals surface area contributed by atoms with Crippen molar-refractivity contribution in [3.63, 3.8) is 0 Å². The predicted molar refractivity (Wildman–Crippen MR) is 112 cm³/mol. The quantitative estimate of drug-likeness (QED) is 0.721. The summed E-state index contributed by atoms with van der Waals surface area (Å²) < 4.78 is 39.6. The van der Waals surface area contributed by atoms with E-state index in [2.05, 4.69) is 10.1 Å². The minimum absolute atomic E-state index is 0.0549. The maximum absolute atomic E-state index is 13.1. The topological polar surface area (TPSA) is 97.5 Å². The van der Waals surface area contributed by atoms with Crippen molar-refractivity contribution in [3.8, 4) is 5.88 Å². The molecule has 180 valence electrons. The second kappa shape index (κ2) is 9.80. The van der Waals surface area contributed by atoms with Crippen molar-refractivity contribution >= 4 is 11.9 Å². The summed E-state index contributed by atoms with van der Waals surface area (Å²) in [5.41, 5.74) is 1.65. The number of nitrogens with zero attached hydrogens (tertiary/aromatic N) is 4. The number of aliphatic carboxylic acids is 1. The predicted octanol–water partition coefficient (Wildman–Crippen LogP) is 3.56. The van der Waals surface area contributed by atoms with E-state index in [4.69, 9.17) is 14.6 Å². The SMILES string of the molecule is CCn1nc(C)cc1C(=O)N1C[C@H]2CCC[C@@]2(COc2ccccn2)C1.O=C(O)C(F)(F)F. The van der Waals surface area contributed by atoms with Gasteiger partial charge in [0, 0.05) is 37.3 Å². The molecule has 33 heavy (non-hydrogen) atoms. The number of aryl methyl sites for hydroxylation is 2. The number of carbonyl (C=O) groups is 2. The second-order valence-electron chi connectivity index (χ2n) is 8.38. The minimum Gasteiger partial charge on any atom is -0.477 e. The Morgan fingerprint density at radius 3 is 2.67 bits per heavy atom. The number of carbonyl (C=O) groups excluding carboxylic acids is 1. The van der Waals surface area contributed by atoms with Gasteiger partial charge in [-0.3, -0.25) is 9.48 Å². The Labute approximate surface area is 189 Å². The average Bonchev–Trinajstić information content (AvgIpc) is 3.44. The Morgan fingerprint density at radius 1 is 1.33 bits per heavy atom. The molecular formula is C22H27F3N4O4. The van der Waals surface area contributed by atoms with Crippen molar-refractivity contribution in [2.75, 3.05) is 19.7 Å². The molecule has 4 rings (SSSR count). The Balaban J connectivity index is 0.000000383. The molecule has 2 atom stereocenters. The molecule has 1 saturated heterocycles. The van der Waals surface area contributed by atoms with Gasteiger partial charge >= 0.3 is 12.1 Å². The average molecular weight is 468 g/mol. The number of pyridine rings is 1. The van der Waals surface area contributed by atoms with Crippen molar-refractivity contribution in [1.82, 2.24) is 19.7 Å². The molecule has 11 heteroatoms. The highest BCUT2D eigenvalue weighted by molar-refractivity contribution is 5.93. The fourth-order valence-electron chi connectivity index (χ4n) is 4.58. The monoisotopic (exact) mass is 468 g/mol. The third-order valence-electron chi connectivity index (χ3n) is 6.14. The number of ether oxygens (including phenoxy) is 1. The second-order valence-corrected chi connectivity index (χ2v) is 8.38. The molecule has 2 aromatic rings. The number of carboxylic acid groups (broad SMARTS) is 1. The lowest BCUT2D eigenvalue weighted by molar-refractivity contribution is -0.192. The summed E-state index contributed by atoms with van der Waals surface area (Å²) in [6, 6.07) is 7.61. The van der Waals surface area contributed by atoms with Gasteiger partial charge in [-0.1, -0.05) is 12.5 Å². The zero-order valence-electron chi connectivity index (χ0n) is 18.5. The maximum atomic E-state index is 13.1. The molecule has 0 aromatic carbocycles. The van der Waals surface area contributed by atoms with E-state index in [0.29, 0.717) is 30.6 Å². The van der Waals surface area contributed by atoms with Crippen LogP contribution in [0.5, 0.6) is 5.88 Å². The zero-order valence-corrected chi connectivity index (χ0v) is 18.5. The first kappa shape index (κ1) is 24.5. The van der Waals surface area contributed by atoms with E-state index >= 15 is 0 Å². The van der Waals surface area contributed by atoms with Gasteiger partial charge in [0.2, 0.25) is 5.88 Å². The molecule has 2 fully saturated rings. The number of rotatable bonds is 5. The third-order valence-corrected chi connectivity index (χ3v) is 6.14. The first-order chi connectivity index (χ1) is 15.6. The lowest BCUT2D eigenvalue weighted by atomic mass is 9.81.